The van der Waals surface area contributed by atoms with Gasteiger partial charge in [-0.15, -0.1) is 0 Å². The summed E-state index contributed by atoms with van der Waals surface area (Å²) in [5, 5.41) is 3.70. The highest BCUT2D eigenvalue weighted by atomic mass is 15.0. The van der Waals surface area contributed by atoms with E-state index in [2.05, 4.69) is 73.3 Å². The molecule has 0 spiro atoms. The highest BCUT2D eigenvalue weighted by Gasteiger charge is 2.24. The van der Waals surface area contributed by atoms with Crippen LogP contribution < -0.4 is 5.32 Å². The van der Waals surface area contributed by atoms with Crippen LogP contribution in [0.5, 0.6) is 0 Å². The number of rotatable bonds is 7. The van der Waals surface area contributed by atoms with Crippen LogP contribution in [0.4, 0.5) is 0 Å². The van der Waals surface area contributed by atoms with E-state index in [1.165, 1.54) is 5.56 Å². The van der Waals surface area contributed by atoms with E-state index in [0.29, 0.717) is 12.1 Å². The lowest BCUT2D eigenvalue weighted by molar-refractivity contribution is 0.348. The summed E-state index contributed by atoms with van der Waals surface area (Å²) in [5.41, 5.74) is 1.56. The van der Waals surface area contributed by atoms with E-state index < -0.39 is 0 Å². The van der Waals surface area contributed by atoms with E-state index in [1.807, 2.05) is 12.4 Å². The van der Waals surface area contributed by atoms with E-state index in [-0.39, 0.29) is 5.41 Å². The van der Waals surface area contributed by atoms with E-state index in [0.717, 1.165) is 18.7 Å². The molecular formula is C18H27N3. The first-order chi connectivity index (χ1) is 10.0. The van der Waals surface area contributed by atoms with Gasteiger partial charge in [-0.3, -0.25) is 0 Å². The summed E-state index contributed by atoms with van der Waals surface area (Å²) in [4.78, 5) is 7.59. The van der Waals surface area contributed by atoms with Gasteiger partial charge in [0.15, 0.2) is 0 Å². The molecule has 114 valence electrons. The smallest absolute Gasteiger partial charge is 0.123 e. The molecule has 0 aliphatic rings. The molecule has 0 saturated carbocycles. The third-order valence-electron chi connectivity index (χ3n) is 4.12. The molecule has 2 N–H and O–H groups in total. The molecule has 2 atom stereocenters. The molecule has 0 radical (unpaired) electrons. The van der Waals surface area contributed by atoms with Gasteiger partial charge in [0.1, 0.15) is 5.82 Å². The van der Waals surface area contributed by atoms with Crippen LogP contribution in [0, 0.1) is 0 Å². The van der Waals surface area contributed by atoms with Crippen LogP contribution >= 0.6 is 0 Å². The van der Waals surface area contributed by atoms with E-state index in [1.54, 1.807) is 0 Å². The van der Waals surface area contributed by atoms with Gasteiger partial charge >= 0.3 is 0 Å². The van der Waals surface area contributed by atoms with Crippen molar-refractivity contribution in [3.8, 4) is 0 Å². The average Bonchev–Trinajstić information content (AvgIpc) is 2.99. The first-order valence-corrected chi connectivity index (χ1v) is 7.84. The van der Waals surface area contributed by atoms with Crippen LogP contribution in [0.1, 0.15) is 58.0 Å². The predicted molar refractivity (Wildman–Crippen MR) is 88.3 cm³/mol. The van der Waals surface area contributed by atoms with Gasteiger partial charge in [-0.2, -0.15) is 0 Å². The normalized spacial score (nSPS) is 14.9. The zero-order valence-corrected chi connectivity index (χ0v) is 13.6. The Morgan fingerprint density at radius 1 is 1.24 bits per heavy atom. The van der Waals surface area contributed by atoms with E-state index in [9.17, 15) is 0 Å². The molecule has 2 aromatic rings. The van der Waals surface area contributed by atoms with Crippen molar-refractivity contribution in [2.75, 3.05) is 0 Å². The number of aromatic amines is 1. The Balaban J connectivity index is 1.99. The Kier molecular flexibility index (Phi) is 5.18. The molecule has 0 aliphatic carbocycles. The van der Waals surface area contributed by atoms with Crippen molar-refractivity contribution in [3.05, 3.63) is 54.1 Å². The topological polar surface area (TPSA) is 40.7 Å². The molecule has 2 unspecified atom stereocenters. The number of imidazole rings is 1. The van der Waals surface area contributed by atoms with Gasteiger partial charge in [0.05, 0.1) is 6.04 Å². The van der Waals surface area contributed by atoms with Crippen LogP contribution in [0.3, 0.4) is 0 Å². The molecule has 0 fully saturated rings. The van der Waals surface area contributed by atoms with Gasteiger partial charge in [0.25, 0.3) is 0 Å². The fourth-order valence-corrected chi connectivity index (χ4v) is 3.03. The van der Waals surface area contributed by atoms with E-state index in [4.69, 9.17) is 0 Å². The molecule has 0 bridgehead atoms. The lowest BCUT2D eigenvalue weighted by atomic mass is 9.79. The van der Waals surface area contributed by atoms with Crippen molar-refractivity contribution in [3.63, 3.8) is 0 Å². The molecule has 1 aromatic carbocycles. The number of H-pyrrole nitrogens is 1. The monoisotopic (exact) mass is 285 g/mol. The fourth-order valence-electron chi connectivity index (χ4n) is 3.03. The number of benzene rings is 1. The minimum absolute atomic E-state index is 0.162. The Morgan fingerprint density at radius 3 is 2.52 bits per heavy atom. The summed E-state index contributed by atoms with van der Waals surface area (Å²) >= 11 is 0. The van der Waals surface area contributed by atoms with Gasteiger partial charge in [-0.25, -0.2) is 4.98 Å². The molecule has 21 heavy (non-hydrogen) atoms. The Bertz CT molecular complexity index is 517. The molecule has 1 aromatic heterocycles. The largest absolute Gasteiger partial charge is 0.347 e. The summed E-state index contributed by atoms with van der Waals surface area (Å²) in [5.74, 6) is 1.03. The van der Waals surface area contributed by atoms with Crippen molar-refractivity contribution in [1.82, 2.24) is 15.3 Å². The molecule has 1 heterocycles. The SMILES string of the molecule is CCC(NC(C)CC(C)(C)c1ccccc1)c1ncc[nH]1. The maximum Gasteiger partial charge on any atom is 0.123 e. The van der Waals surface area contributed by atoms with Crippen molar-refractivity contribution in [1.29, 1.82) is 0 Å². The third-order valence-corrected chi connectivity index (χ3v) is 4.12. The molecule has 0 aliphatic heterocycles. The van der Waals surface area contributed by atoms with Gasteiger partial charge in [0.2, 0.25) is 0 Å². The predicted octanol–water partition coefficient (Wildman–Crippen LogP) is 4.21. The zero-order chi connectivity index (χ0) is 15.3. The highest BCUT2D eigenvalue weighted by molar-refractivity contribution is 5.23. The maximum absolute atomic E-state index is 4.38. The number of aromatic nitrogens is 2. The standard InChI is InChI=1S/C18H27N3/c1-5-16(17-19-11-12-20-17)21-14(2)13-18(3,4)15-9-7-6-8-10-15/h6-12,14,16,21H,5,13H2,1-4H3,(H,19,20). The molecule has 3 nitrogen and oxygen atoms in total. The zero-order valence-electron chi connectivity index (χ0n) is 13.6. The van der Waals surface area contributed by atoms with Crippen LogP contribution in [0.25, 0.3) is 0 Å². The summed E-state index contributed by atoms with van der Waals surface area (Å²) in [6.45, 7) is 9.08. The summed E-state index contributed by atoms with van der Waals surface area (Å²) in [6, 6.07) is 11.5. The van der Waals surface area contributed by atoms with Gasteiger partial charge < -0.3 is 10.3 Å². The first kappa shape index (κ1) is 15.8. The van der Waals surface area contributed by atoms with Crippen molar-refractivity contribution >= 4 is 0 Å². The van der Waals surface area contributed by atoms with Crippen molar-refractivity contribution in [2.24, 2.45) is 0 Å². The second kappa shape index (κ2) is 6.90. The second-order valence-corrected chi connectivity index (χ2v) is 6.46. The minimum Gasteiger partial charge on any atom is -0.347 e. The molecule has 3 heteroatoms. The molecule has 2 rings (SSSR count). The van der Waals surface area contributed by atoms with Crippen molar-refractivity contribution in [2.45, 2.75) is 58.0 Å². The first-order valence-electron chi connectivity index (χ1n) is 7.84. The summed E-state index contributed by atoms with van der Waals surface area (Å²) < 4.78 is 0. The molecule has 0 saturated heterocycles. The third kappa shape index (κ3) is 4.18. The lowest BCUT2D eigenvalue weighted by Crippen LogP contribution is -2.36. The van der Waals surface area contributed by atoms with Crippen molar-refractivity contribution < 1.29 is 0 Å². The quantitative estimate of drug-likeness (QED) is 0.800. The number of nitrogens with one attached hydrogen (secondary N) is 2. The molecular weight excluding hydrogens is 258 g/mol. The summed E-state index contributed by atoms with van der Waals surface area (Å²) in [7, 11) is 0. The van der Waals surface area contributed by atoms with Crippen LogP contribution in [0.2, 0.25) is 0 Å². The summed E-state index contributed by atoms with van der Waals surface area (Å²) in [6.07, 6.45) is 5.83. The fraction of sp³-hybridized carbons (Fsp3) is 0.500. The molecule has 0 amide bonds. The highest BCUT2D eigenvalue weighted by Crippen LogP contribution is 2.29. The number of hydrogen-bond donors (Lipinski definition) is 2. The Hall–Kier alpha value is -1.61. The Labute approximate surface area is 128 Å². The van der Waals surface area contributed by atoms with Gasteiger partial charge in [-0.05, 0) is 30.7 Å². The van der Waals surface area contributed by atoms with Crippen LogP contribution in [-0.2, 0) is 5.41 Å². The average molecular weight is 285 g/mol. The Morgan fingerprint density at radius 2 is 1.95 bits per heavy atom. The number of hydrogen-bond acceptors (Lipinski definition) is 2. The maximum atomic E-state index is 4.38. The lowest BCUT2D eigenvalue weighted by Gasteiger charge is -2.31. The van der Waals surface area contributed by atoms with Crippen LogP contribution in [-0.4, -0.2) is 16.0 Å². The van der Waals surface area contributed by atoms with Gasteiger partial charge in [0, 0.05) is 18.4 Å². The minimum atomic E-state index is 0.162. The van der Waals surface area contributed by atoms with Gasteiger partial charge in [-0.1, -0.05) is 51.1 Å². The second-order valence-electron chi connectivity index (χ2n) is 6.46. The van der Waals surface area contributed by atoms with E-state index >= 15 is 0 Å². The van der Waals surface area contributed by atoms with Crippen LogP contribution in [0.15, 0.2) is 42.7 Å². The number of nitrogens with zero attached hydrogens (tertiary/aromatic N) is 1.